The first-order valence-corrected chi connectivity index (χ1v) is 6.40. The van der Waals surface area contributed by atoms with Gasteiger partial charge < -0.3 is 5.32 Å². The standard InChI is InChI=1S/C12H10BrN5O/c1-6-4-10(17-15-6)14-12(19)11-8-5-7(13)2-3-9(8)16-18-11/h2-5H,1H3,(H,16,18)(H2,14,15,17,19). The molecule has 3 aromatic rings. The average molecular weight is 320 g/mol. The Bertz CT molecular complexity index is 760. The van der Waals surface area contributed by atoms with Crippen LogP contribution in [-0.4, -0.2) is 26.3 Å². The van der Waals surface area contributed by atoms with E-state index in [1.165, 1.54) is 0 Å². The van der Waals surface area contributed by atoms with E-state index in [-0.39, 0.29) is 5.91 Å². The van der Waals surface area contributed by atoms with Gasteiger partial charge >= 0.3 is 0 Å². The highest BCUT2D eigenvalue weighted by Gasteiger charge is 2.15. The quantitative estimate of drug-likeness (QED) is 0.678. The number of rotatable bonds is 2. The van der Waals surface area contributed by atoms with E-state index in [9.17, 15) is 4.79 Å². The van der Waals surface area contributed by atoms with Crippen molar-refractivity contribution < 1.29 is 4.79 Å². The molecule has 0 saturated heterocycles. The van der Waals surface area contributed by atoms with E-state index in [1.807, 2.05) is 25.1 Å². The molecule has 3 rings (SSSR count). The van der Waals surface area contributed by atoms with Crippen LogP contribution >= 0.6 is 15.9 Å². The number of aromatic nitrogens is 4. The molecule has 1 aromatic carbocycles. The summed E-state index contributed by atoms with van der Waals surface area (Å²) in [5.41, 5.74) is 2.04. The van der Waals surface area contributed by atoms with Crippen molar-refractivity contribution in [1.29, 1.82) is 0 Å². The fourth-order valence-corrected chi connectivity index (χ4v) is 2.18. The molecule has 0 fully saturated rings. The summed E-state index contributed by atoms with van der Waals surface area (Å²) >= 11 is 3.38. The molecule has 7 heteroatoms. The number of halogens is 1. The van der Waals surface area contributed by atoms with Gasteiger partial charge in [0.2, 0.25) is 0 Å². The van der Waals surface area contributed by atoms with Gasteiger partial charge in [-0.25, -0.2) is 0 Å². The molecule has 96 valence electrons. The van der Waals surface area contributed by atoms with Crippen LogP contribution in [0, 0.1) is 6.92 Å². The number of fused-ring (bicyclic) bond motifs is 1. The van der Waals surface area contributed by atoms with Gasteiger partial charge in [-0.3, -0.25) is 15.0 Å². The van der Waals surface area contributed by atoms with Crippen molar-refractivity contribution in [2.75, 3.05) is 5.32 Å². The Balaban J connectivity index is 1.95. The fraction of sp³-hybridized carbons (Fsp3) is 0.0833. The van der Waals surface area contributed by atoms with Crippen molar-refractivity contribution in [3.8, 4) is 0 Å². The second-order valence-electron chi connectivity index (χ2n) is 4.15. The summed E-state index contributed by atoms with van der Waals surface area (Å²) in [5.74, 6) is 0.185. The summed E-state index contributed by atoms with van der Waals surface area (Å²) in [6.07, 6.45) is 0. The first kappa shape index (κ1) is 11.9. The number of nitrogens with one attached hydrogen (secondary N) is 3. The number of hydrogen-bond acceptors (Lipinski definition) is 3. The van der Waals surface area contributed by atoms with Gasteiger partial charge in [0.25, 0.3) is 5.91 Å². The van der Waals surface area contributed by atoms with Gasteiger partial charge in [0, 0.05) is 21.6 Å². The van der Waals surface area contributed by atoms with Crippen molar-refractivity contribution >= 4 is 38.6 Å². The monoisotopic (exact) mass is 319 g/mol. The summed E-state index contributed by atoms with van der Waals surface area (Å²) in [4.78, 5) is 12.1. The molecular formula is C12H10BrN5O. The predicted molar refractivity (Wildman–Crippen MR) is 75.1 cm³/mol. The molecule has 3 N–H and O–H groups in total. The van der Waals surface area contributed by atoms with Gasteiger partial charge in [-0.05, 0) is 25.1 Å². The van der Waals surface area contributed by atoms with Crippen LogP contribution < -0.4 is 5.32 Å². The van der Waals surface area contributed by atoms with Gasteiger partial charge in [-0.1, -0.05) is 15.9 Å². The van der Waals surface area contributed by atoms with Crippen LogP contribution in [0.3, 0.4) is 0 Å². The minimum atomic E-state index is -0.296. The highest BCUT2D eigenvalue weighted by Crippen LogP contribution is 2.21. The Morgan fingerprint density at radius 3 is 2.84 bits per heavy atom. The lowest BCUT2D eigenvalue weighted by molar-refractivity contribution is 0.102. The van der Waals surface area contributed by atoms with E-state index in [0.29, 0.717) is 11.5 Å². The number of hydrogen-bond donors (Lipinski definition) is 3. The fourth-order valence-electron chi connectivity index (χ4n) is 1.82. The molecule has 0 saturated carbocycles. The number of aromatic amines is 2. The first-order chi connectivity index (χ1) is 9.13. The topological polar surface area (TPSA) is 86.5 Å². The van der Waals surface area contributed by atoms with Crippen molar-refractivity contribution in [2.24, 2.45) is 0 Å². The Morgan fingerprint density at radius 2 is 2.11 bits per heavy atom. The molecule has 0 aliphatic heterocycles. The third-order valence-corrected chi connectivity index (χ3v) is 3.18. The average Bonchev–Trinajstić information content (AvgIpc) is 2.95. The second-order valence-corrected chi connectivity index (χ2v) is 5.07. The number of H-pyrrole nitrogens is 2. The van der Waals surface area contributed by atoms with E-state index in [2.05, 4.69) is 41.6 Å². The molecule has 1 amide bonds. The number of anilines is 1. The van der Waals surface area contributed by atoms with Crippen LogP contribution in [0.5, 0.6) is 0 Å². The molecule has 0 spiro atoms. The van der Waals surface area contributed by atoms with Crippen LogP contribution in [0.4, 0.5) is 5.82 Å². The molecule has 6 nitrogen and oxygen atoms in total. The van der Waals surface area contributed by atoms with Crippen molar-refractivity contribution in [3.05, 3.63) is 40.1 Å². The Morgan fingerprint density at radius 1 is 1.26 bits per heavy atom. The number of carbonyl (C=O) groups excluding carboxylic acids is 1. The number of carbonyl (C=O) groups is 1. The van der Waals surface area contributed by atoms with Crippen LogP contribution in [0.25, 0.3) is 10.9 Å². The molecule has 2 aromatic heterocycles. The summed E-state index contributed by atoms with van der Waals surface area (Å²) in [7, 11) is 0. The Hall–Kier alpha value is -2.15. The maximum Gasteiger partial charge on any atom is 0.278 e. The molecule has 19 heavy (non-hydrogen) atoms. The zero-order valence-electron chi connectivity index (χ0n) is 9.99. The molecule has 0 radical (unpaired) electrons. The van der Waals surface area contributed by atoms with Crippen LogP contribution in [0.1, 0.15) is 16.2 Å². The maximum absolute atomic E-state index is 12.1. The SMILES string of the molecule is Cc1cc(NC(=O)c2n[nH]c3ccc(Br)cc23)n[nH]1. The number of benzene rings is 1. The van der Waals surface area contributed by atoms with Crippen LogP contribution in [0.15, 0.2) is 28.7 Å². The van der Waals surface area contributed by atoms with Gasteiger partial charge in [0.1, 0.15) is 0 Å². The Kier molecular flexibility index (Phi) is 2.83. The van der Waals surface area contributed by atoms with Gasteiger partial charge in [0.15, 0.2) is 11.5 Å². The minimum Gasteiger partial charge on any atom is -0.304 e. The van der Waals surface area contributed by atoms with Crippen molar-refractivity contribution in [3.63, 3.8) is 0 Å². The summed E-state index contributed by atoms with van der Waals surface area (Å²) in [5, 5.41) is 17.1. The summed E-state index contributed by atoms with van der Waals surface area (Å²) in [6, 6.07) is 7.35. The third kappa shape index (κ3) is 2.24. The zero-order valence-corrected chi connectivity index (χ0v) is 11.6. The van der Waals surface area contributed by atoms with Crippen LogP contribution in [-0.2, 0) is 0 Å². The summed E-state index contributed by atoms with van der Waals surface area (Å²) in [6.45, 7) is 1.86. The number of nitrogens with zero attached hydrogens (tertiary/aromatic N) is 2. The lowest BCUT2D eigenvalue weighted by Crippen LogP contribution is -2.13. The number of amides is 1. The van der Waals surface area contributed by atoms with Crippen molar-refractivity contribution in [2.45, 2.75) is 6.92 Å². The lowest BCUT2D eigenvalue weighted by atomic mass is 10.2. The van der Waals surface area contributed by atoms with E-state index >= 15 is 0 Å². The molecule has 0 unspecified atom stereocenters. The normalized spacial score (nSPS) is 10.8. The second kappa shape index (κ2) is 4.51. The van der Waals surface area contributed by atoms with E-state index in [1.54, 1.807) is 6.07 Å². The van der Waals surface area contributed by atoms with E-state index < -0.39 is 0 Å². The maximum atomic E-state index is 12.1. The van der Waals surface area contributed by atoms with Crippen LogP contribution in [0.2, 0.25) is 0 Å². The minimum absolute atomic E-state index is 0.296. The summed E-state index contributed by atoms with van der Waals surface area (Å²) < 4.78 is 0.895. The largest absolute Gasteiger partial charge is 0.304 e. The van der Waals surface area contributed by atoms with E-state index in [0.717, 1.165) is 21.1 Å². The molecule has 0 aliphatic carbocycles. The molecule has 0 atom stereocenters. The lowest BCUT2D eigenvalue weighted by Gasteiger charge is -1.98. The highest BCUT2D eigenvalue weighted by atomic mass is 79.9. The molecule has 2 heterocycles. The smallest absolute Gasteiger partial charge is 0.278 e. The van der Waals surface area contributed by atoms with Gasteiger partial charge in [-0.2, -0.15) is 10.2 Å². The highest BCUT2D eigenvalue weighted by molar-refractivity contribution is 9.10. The zero-order chi connectivity index (χ0) is 13.4. The third-order valence-electron chi connectivity index (χ3n) is 2.69. The van der Waals surface area contributed by atoms with Gasteiger partial charge in [0.05, 0.1) is 5.52 Å². The molecular weight excluding hydrogens is 310 g/mol. The Labute approximate surface area is 116 Å². The first-order valence-electron chi connectivity index (χ1n) is 5.60. The molecule has 0 aliphatic rings. The van der Waals surface area contributed by atoms with Crippen molar-refractivity contribution in [1.82, 2.24) is 20.4 Å². The molecule has 0 bridgehead atoms. The van der Waals surface area contributed by atoms with E-state index in [4.69, 9.17) is 0 Å². The number of aryl methyl sites for hydroxylation is 1. The van der Waals surface area contributed by atoms with Gasteiger partial charge in [-0.15, -0.1) is 0 Å². The predicted octanol–water partition coefficient (Wildman–Crippen LogP) is 2.61.